The van der Waals surface area contributed by atoms with E-state index >= 15 is 0 Å². The lowest BCUT2D eigenvalue weighted by molar-refractivity contribution is 0.0875. The van der Waals surface area contributed by atoms with Crippen LogP contribution in [0.3, 0.4) is 0 Å². The number of hydrogen-bond acceptors (Lipinski definition) is 3. The van der Waals surface area contributed by atoms with Gasteiger partial charge in [-0.15, -0.1) is 0 Å². The molecule has 0 bridgehead atoms. The Hall–Kier alpha value is -2.95. The van der Waals surface area contributed by atoms with Crippen molar-refractivity contribution in [2.24, 2.45) is 5.92 Å². The molecule has 1 atom stereocenters. The Morgan fingerprint density at radius 1 is 0.946 bits per heavy atom. The molecular weight excluding hydrogens is 480 g/mol. The van der Waals surface area contributed by atoms with Gasteiger partial charge in [-0.05, 0) is 105 Å². The van der Waals surface area contributed by atoms with Gasteiger partial charge in [0.2, 0.25) is 0 Å². The molecule has 1 aliphatic heterocycles. The Morgan fingerprint density at radius 2 is 1.70 bits per heavy atom. The third kappa shape index (κ3) is 6.49. The molecule has 1 N–H and O–H groups in total. The largest absolute Gasteiger partial charge is 0.352 e. The molecule has 1 unspecified atom stereocenters. The maximum Gasteiger partial charge on any atom is 0.251 e. The van der Waals surface area contributed by atoms with Crippen LogP contribution in [0.15, 0.2) is 72.8 Å². The van der Waals surface area contributed by atoms with Gasteiger partial charge >= 0.3 is 0 Å². The number of likely N-dealkylation sites (tertiary alicyclic amines) is 1. The van der Waals surface area contributed by atoms with E-state index in [1.54, 1.807) is 6.07 Å². The third-order valence-electron chi connectivity index (χ3n) is 8.03. The predicted octanol–water partition coefficient (Wildman–Crippen LogP) is 6.33. The van der Waals surface area contributed by atoms with E-state index in [-0.39, 0.29) is 17.6 Å². The molecule has 0 radical (unpaired) electrons. The molecule has 1 heterocycles. The second kappa shape index (κ2) is 12.1. The van der Waals surface area contributed by atoms with Gasteiger partial charge in [0, 0.05) is 28.6 Å². The number of benzene rings is 3. The van der Waals surface area contributed by atoms with Gasteiger partial charge in [0.05, 0.1) is 0 Å². The van der Waals surface area contributed by atoms with Gasteiger partial charge < -0.3 is 10.2 Å². The highest BCUT2D eigenvalue weighted by atomic mass is 35.5. The third-order valence-corrected chi connectivity index (χ3v) is 8.28. The number of halogens is 1. The summed E-state index contributed by atoms with van der Waals surface area (Å²) < 4.78 is 0. The van der Waals surface area contributed by atoms with E-state index in [4.69, 9.17) is 11.6 Å². The first-order valence-electron chi connectivity index (χ1n) is 13.5. The zero-order valence-electron chi connectivity index (χ0n) is 21.3. The van der Waals surface area contributed by atoms with E-state index in [1.807, 2.05) is 36.4 Å². The summed E-state index contributed by atoms with van der Waals surface area (Å²) >= 11 is 5.93. The highest BCUT2D eigenvalue weighted by Crippen LogP contribution is 2.31. The molecule has 1 amide bonds. The lowest BCUT2D eigenvalue weighted by atomic mass is 9.80. The van der Waals surface area contributed by atoms with Crippen LogP contribution in [0.5, 0.6) is 0 Å². The first kappa shape index (κ1) is 25.7. The Bertz CT molecular complexity index is 1220. The maximum absolute atomic E-state index is 13.2. The van der Waals surface area contributed by atoms with E-state index in [1.165, 1.54) is 18.4 Å². The standard InChI is InChI=1S/C32H35ClN2O2/c33-29-11-6-23(7-12-29)14-18-34-32(37)28-10-13-30-27(22-28)9-8-26(31(30)36)17-21-35-19-15-25(16-20-35)24-4-2-1-3-5-24/h1-7,10-13,22,25-26H,8-9,14-21H2,(H,34,37). The van der Waals surface area contributed by atoms with Gasteiger partial charge in [0.25, 0.3) is 5.91 Å². The monoisotopic (exact) mass is 514 g/mol. The van der Waals surface area contributed by atoms with Crippen LogP contribution >= 0.6 is 11.6 Å². The van der Waals surface area contributed by atoms with Crippen LogP contribution < -0.4 is 5.32 Å². The molecule has 192 valence electrons. The van der Waals surface area contributed by atoms with Crippen molar-refractivity contribution < 1.29 is 9.59 Å². The van der Waals surface area contributed by atoms with E-state index < -0.39 is 0 Å². The molecule has 0 aromatic heterocycles. The number of fused-ring (bicyclic) bond motifs is 1. The lowest BCUT2D eigenvalue weighted by Gasteiger charge is -2.33. The molecule has 0 spiro atoms. The number of piperidine rings is 1. The molecule has 0 saturated carbocycles. The fourth-order valence-corrected chi connectivity index (χ4v) is 5.89. The van der Waals surface area contributed by atoms with Crippen molar-refractivity contribution in [1.29, 1.82) is 0 Å². The number of Topliss-reactive ketones (excluding diaryl/α,β-unsaturated/α-hetero) is 1. The lowest BCUT2D eigenvalue weighted by Crippen LogP contribution is -2.35. The van der Waals surface area contributed by atoms with E-state index in [0.717, 1.165) is 62.0 Å². The Balaban J connectivity index is 1.09. The van der Waals surface area contributed by atoms with Crippen molar-refractivity contribution in [2.45, 2.75) is 44.4 Å². The number of ketones is 1. The van der Waals surface area contributed by atoms with Gasteiger partial charge in [-0.1, -0.05) is 60.1 Å². The van der Waals surface area contributed by atoms with Crippen molar-refractivity contribution in [3.63, 3.8) is 0 Å². The fraction of sp³-hybridized carbons (Fsp3) is 0.375. The van der Waals surface area contributed by atoms with Crippen molar-refractivity contribution in [2.75, 3.05) is 26.2 Å². The quantitative estimate of drug-likeness (QED) is 0.382. The summed E-state index contributed by atoms with van der Waals surface area (Å²) in [5, 5.41) is 3.71. The van der Waals surface area contributed by atoms with Crippen LogP contribution in [0.25, 0.3) is 0 Å². The molecule has 1 saturated heterocycles. The summed E-state index contributed by atoms with van der Waals surface area (Å²) in [5.41, 5.74) is 5.03. The maximum atomic E-state index is 13.2. The van der Waals surface area contributed by atoms with Crippen LogP contribution in [-0.2, 0) is 12.8 Å². The molecule has 5 heteroatoms. The first-order chi connectivity index (χ1) is 18.1. The normalized spacial score (nSPS) is 18.4. The van der Waals surface area contributed by atoms with Crippen LogP contribution in [0, 0.1) is 5.92 Å². The molecule has 4 nitrogen and oxygen atoms in total. The van der Waals surface area contributed by atoms with Crippen molar-refractivity contribution in [1.82, 2.24) is 10.2 Å². The highest BCUT2D eigenvalue weighted by Gasteiger charge is 2.29. The number of aryl methyl sites for hydroxylation is 1. The average Bonchev–Trinajstić information content (AvgIpc) is 2.94. The van der Waals surface area contributed by atoms with Crippen molar-refractivity contribution in [3.05, 3.63) is 106 Å². The number of nitrogens with one attached hydrogen (secondary N) is 1. The molecule has 1 aliphatic carbocycles. The van der Waals surface area contributed by atoms with Crippen molar-refractivity contribution in [3.8, 4) is 0 Å². The van der Waals surface area contributed by atoms with Gasteiger partial charge in [-0.3, -0.25) is 9.59 Å². The predicted molar refractivity (Wildman–Crippen MR) is 150 cm³/mol. The summed E-state index contributed by atoms with van der Waals surface area (Å²) in [5.74, 6) is 0.892. The topological polar surface area (TPSA) is 49.4 Å². The molecule has 3 aromatic rings. The zero-order chi connectivity index (χ0) is 25.6. The molecule has 2 aliphatic rings. The number of nitrogens with zero attached hydrogens (tertiary/aromatic N) is 1. The second-order valence-corrected chi connectivity index (χ2v) is 10.9. The van der Waals surface area contributed by atoms with E-state index in [2.05, 4.69) is 40.5 Å². The average molecular weight is 515 g/mol. The smallest absolute Gasteiger partial charge is 0.251 e. The molecular formula is C32H35ClN2O2. The summed E-state index contributed by atoms with van der Waals surface area (Å²) in [6.07, 6.45) is 5.77. The number of carbonyl (C=O) groups is 2. The number of rotatable bonds is 8. The summed E-state index contributed by atoms with van der Waals surface area (Å²) in [6.45, 7) is 3.75. The van der Waals surface area contributed by atoms with Gasteiger partial charge in [0.1, 0.15) is 0 Å². The molecule has 1 fully saturated rings. The van der Waals surface area contributed by atoms with E-state index in [9.17, 15) is 9.59 Å². The van der Waals surface area contributed by atoms with Crippen LogP contribution in [0.4, 0.5) is 0 Å². The van der Waals surface area contributed by atoms with Crippen LogP contribution in [0.1, 0.15) is 69.0 Å². The van der Waals surface area contributed by atoms with Gasteiger partial charge in [-0.25, -0.2) is 0 Å². The van der Waals surface area contributed by atoms with E-state index in [0.29, 0.717) is 23.0 Å². The Morgan fingerprint density at radius 3 is 2.46 bits per heavy atom. The van der Waals surface area contributed by atoms with Crippen LogP contribution in [-0.4, -0.2) is 42.8 Å². The fourth-order valence-electron chi connectivity index (χ4n) is 5.77. The Kier molecular flexibility index (Phi) is 8.38. The molecule has 5 rings (SSSR count). The van der Waals surface area contributed by atoms with Gasteiger partial charge in [0.15, 0.2) is 5.78 Å². The minimum Gasteiger partial charge on any atom is -0.352 e. The van der Waals surface area contributed by atoms with Crippen molar-refractivity contribution >= 4 is 23.3 Å². The number of amides is 1. The first-order valence-corrected chi connectivity index (χ1v) is 13.9. The summed E-state index contributed by atoms with van der Waals surface area (Å²) in [6, 6.07) is 24.1. The number of hydrogen-bond donors (Lipinski definition) is 1. The second-order valence-electron chi connectivity index (χ2n) is 10.4. The minimum atomic E-state index is -0.0924. The highest BCUT2D eigenvalue weighted by molar-refractivity contribution is 6.30. The van der Waals surface area contributed by atoms with Crippen LogP contribution in [0.2, 0.25) is 5.02 Å². The minimum absolute atomic E-state index is 0.0819. The molecule has 37 heavy (non-hydrogen) atoms. The molecule has 3 aromatic carbocycles. The number of carbonyl (C=O) groups excluding carboxylic acids is 2. The summed E-state index contributed by atoms with van der Waals surface area (Å²) in [7, 11) is 0. The zero-order valence-corrected chi connectivity index (χ0v) is 22.1. The van der Waals surface area contributed by atoms with Gasteiger partial charge in [-0.2, -0.15) is 0 Å². The Labute approximate surface area is 225 Å². The summed E-state index contributed by atoms with van der Waals surface area (Å²) in [4.78, 5) is 28.4. The SMILES string of the molecule is O=C(NCCc1ccc(Cl)cc1)c1ccc2c(c1)CCC(CCN1CCC(c3ccccc3)CC1)C2=O.